The molecule has 8 heteroatoms. The highest BCUT2D eigenvalue weighted by Crippen LogP contribution is 2.41. The van der Waals surface area contributed by atoms with Crippen LogP contribution in [0.25, 0.3) is 0 Å². The Morgan fingerprint density at radius 3 is 2.55 bits per heavy atom. The molecule has 0 saturated carbocycles. The van der Waals surface area contributed by atoms with Gasteiger partial charge in [-0.3, -0.25) is 14.3 Å². The van der Waals surface area contributed by atoms with Gasteiger partial charge in [0.25, 0.3) is 0 Å². The van der Waals surface area contributed by atoms with E-state index in [0.29, 0.717) is 19.4 Å². The van der Waals surface area contributed by atoms with Crippen LogP contribution in [0.2, 0.25) is 0 Å². The SMILES string of the molecule is CSC(C)(C)N1CC[C@@H](OC(F)(F)F)C[C@H]1c1ccnn1C. The van der Waals surface area contributed by atoms with Crippen molar-refractivity contribution in [3.8, 4) is 0 Å². The molecule has 0 N–H and O–H groups in total. The Balaban J connectivity index is 2.25. The molecule has 0 aliphatic carbocycles. The number of aromatic nitrogens is 2. The van der Waals surface area contributed by atoms with E-state index < -0.39 is 12.5 Å². The van der Waals surface area contributed by atoms with Crippen molar-refractivity contribution in [2.75, 3.05) is 12.8 Å². The first-order chi connectivity index (χ1) is 10.1. The summed E-state index contributed by atoms with van der Waals surface area (Å²) < 4.78 is 43.6. The van der Waals surface area contributed by atoms with Crippen LogP contribution in [0.5, 0.6) is 0 Å². The Morgan fingerprint density at radius 1 is 1.36 bits per heavy atom. The standard InChI is InChI=1S/C14H22F3N3OS/c1-13(2,22-4)20-8-6-10(21-14(15,16)17)9-12(20)11-5-7-18-19(11)3/h5,7,10,12H,6,8-9H2,1-4H3/t10-,12+/m1/s1. The lowest BCUT2D eigenvalue weighted by atomic mass is 9.95. The molecule has 1 aliphatic heterocycles. The van der Waals surface area contributed by atoms with Gasteiger partial charge < -0.3 is 0 Å². The maximum absolute atomic E-state index is 12.5. The third-order valence-electron chi connectivity index (χ3n) is 4.25. The van der Waals surface area contributed by atoms with Crippen molar-refractivity contribution < 1.29 is 17.9 Å². The summed E-state index contributed by atoms with van der Waals surface area (Å²) in [4.78, 5) is 2.07. The van der Waals surface area contributed by atoms with E-state index in [1.54, 1.807) is 22.6 Å². The quantitative estimate of drug-likeness (QED) is 0.840. The number of hydrogen-bond donors (Lipinski definition) is 0. The van der Waals surface area contributed by atoms with Gasteiger partial charge in [-0.1, -0.05) is 0 Å². The predicted molar refractivity (Wildman–Crippen MR) is 80.4 cm³/mol. The van der Waals surface area contributed by atoms with Crippen LogP contribution in [0.3, 0.4) is 0 Å². The molecule has 1 aromatic heterocycles. The number of nitrogens with zero attached hydrogens (tertiary/aromatic N) is 3. The smallest absolute Gasteiger partial charge is 0.288 e. The van der Waals surface area contributed by atoms with Gasteiger partial charge in [0.2, 0.25) is 0 Å². The van der Waals surface area contributed by atoms with Gasteiger partial charge in [0.05, 0.1) is 22.7 Å². The number of alkyl halides is 3. The predicted octanol–water partition coefficient (Wildman–Crippen LogP) is 3.56. The van der Waals surface area contributed by atoms with E-state index >= 15 is 0 Å². The third-order valence-corrected chi connectivity index (χ3v) is 5.48. The lowest BCUT2D eigenvalue weighted by Gasteiger charge is -2.47. The topological polar surface area (TPSA) is 30.3 Å². The van der Waals surface area contributed by atoms with Crippen molar-refractivity contribution in [2.24, 2.45) is 7.05 Å². The minimum atomic E-state index is -4.58. The fraction of sp³-hybridized carbons (Fsp3) is 0.786. The molecule has 1 aliphatic rings. The summed E-state index contributed by atoms with van der Waals surface area (Å²) in [5.41, 5.74) is 0.914. The largest absolute Gasteiger partial charge is 0.522 e. The molecule has 22 heavy (non-hydrogen) atoms. The zero-order valence-electron chi connectivity index (χ0n) is 13.2. The number of hydrogen-bond acceptors (Lipinski definition) is 4. The highest BCUT2D eigenvalue weighted by atomic mass is 32.2. The zero-order chi connectivity index (χ0) is 16.5. The van der Waals surface area contributed by atoms with Gasteiger partial charge in [-0.25, -0.2) is 0 Å². The van der Waals surface area contributed by atoms with Crippen LogP contribution in [-0.2, 0) is 11.8 Å². The molecule has 2 rings (SSSR count). The van der Waals surface area contributed by atoms with Gasteiger partial charge in [0.15, 0.2) is 0 Å². The molecule has 2 atom stereocenters. The van der Waals surface area contributed by atoms with Crippen molar-refractivity contribution in [1.29, 1.82) is 0 Å². The van der Waals surface area contributed by atoms with Gasteiger partial charge >= 0.3 is 6.36 Å². The van der Waals surface area contributed by atoms with E-state index in [-0.39, 0.29) is 10.9 Å². The van der Waals surface area contributed by atoms with E-state index in [1.807, 2.05) is 19.4 Å². The van der Waals surface area contributed by atoms with Crippen LogP contribution >= 0.6 is 11.8 Å². The van der Waals surface area contributed by atoms with Gasteiger partial charge in [0.1, 0.15) is 0 Å². The average Bonchev–Trinajstić information content (AvgIpc) is 2.82. The molecule has 4 nitrogen and oxygen atoms in total. The molecule has 0 bridgehead atoms. The van der Waals surface area contributed by atoms with Gasteiger partial charge in [-0.05, 0) is 39.0 Å². The summed E-state index contributed by atoms with van der Waals surface area (Å²) in [5, 5.41) is 4.15. The number of ether oxygens (including phenoxy) is 1. The van der Waals surface area contributed by atoms with E-state index in [9.17, 15) is 13.2 Å². The minimum Gasteiger partial charge on any atom is -0.288 e. The van der Waals surface area contributed by atoms with E-state index in [4.69, 9.17) is 0 Å². The Labute approximate surface area is 133 Å². The number of rotatable bonds is 4. The summed E-state index contributed by atoms with van der Waals surface area (Å²) in [6.07, 6.45) is -1.03. The molecular weight excluding hydrogens is 315 g/mol. The van der Waals surface area contributed by atoms with E-state index in [2.05, 4.69) is 28.6 Å². The van der Waals surface area contributed by atoms with Crippen LogP contribution in [0.15, 0.2) is 12.3 Å². The Kier molecular flexibility index (Phi) is 5.13. The van der Waals surface area contributed by atoms with E-state index in [0.717, 1.165) is 5.69 Å². The molecule has 0 radical (unpaired) electrons. The van der Waals surface area contributed by atoms with Crippen molar-refractivity contribution in [1.82, 2.24) is 14.7 Å². The summed E-state index contributed by atoms with van der Waals surface area (Å²) in [5.74, 6) is 0. The number of halogens is 3. The summed E-state index contributed by atoms with van der Waals surface area (Å²) in [7, 11) is 1.81. The lowest BCUT2D eigenvalue weighted by Crippen LogP contribution is -2.50. The van der Waals surface area contributed by atoms with Crippen molar-refractivity contribution in [3.05, 3.63) is 18.0 Å². The van der Waals surface area contributed by atoms with Crippen molar-refractivity contribution in [3.63, 3.8) is 0 Å². The van der Waals surface area contributed by atoms with Gasteiger partial charge in [-0.15, -0.1) is 24.9 Å². The van der Waals surface area contributed by atoms with Crippen LogP contribution in [0.1, 0.15) is 38.4 Å². The van der Waals surface area contributed by atoms with Gasteiger partial charge in [0, 0.05) is 19.8 Å². The Hall–Kier alpha value is -0.730. The van der Waals surface area contributed by atoms with Gasteiger partial charge in [-0.2, -0.15) is 5.10 Å². The van der Waals surface area contributed by atoms with Crippen LogP contribution < -0.4 is 0 Å². The first-order valence-electron chi connectivity index (χ1n) is 7.18. The van der Waals surface area contributed by atoms with Crippen molar-refractivity contribution in [2.45, 2.75) is 50.1 Å². The van der Waals surface area contributed by atoms with Crippen molar-refractivity contribution >= 4 is 11.8 Å². The maximum atomic E-state index is 12.5. The molecular formula is C14H22F3N3OS. The molecule has 1 saturated heterocycles. The summed E-state index contributed by atoms with van der Waals surface area (Å²) in [6.45, 7) is 4.74. The van der Waals surface area contributed by atoms with Crippen LogP contribution in [0.4, 0.5) is 13.2 Å². The normalized spacial score (nSPS) is 24.7. The molecule has 0 unspecified atom stereocenters. The first kappa shape index (κ1) is 17.6. The molecule has 2 heterocycles. The third kappa shape index (κ3) is 3.97. The minimum absolute atomic E-state index is 0.143. The molecule has 0 aromatic carbocycles. The second-order valence-electron chi connectivity index (χ2n) is 5.95. The summed E-state index contributed by atoms with van der Waals surface area (Å²) in [6, 6.07) is 1.72. The number of thioether (sulfide) groups is 1. The molecule has 0 amide bonds. The van der Waals surface area contributed by atoms with Crippen LogP contribution in [0, 0.1) is 0 Å². The van der Waals surface area contributed by atoms with Crippen LogP contribution in [-0.4, -0.2) is 44.8 Å². The van der Waals surface area contributed by atoms with E-state index in [1.165, 1.54) is 0 Å². The first-order valence-corrected chi connectivity index (χ1v) is 8.41. The Bertz CT molecular complexity index is 504. The monoisotopic (exact) mass is 337 g/mol. The molecule has 1 fully saturated rings. The maximum Gasteiger partial charge on any atom is 0.522 e. The fourth-order valence-electron chi connectivity index (χ4n) is 2.98. The lowest BCUT2D eigenvalue weighted by molar-refractivity contribution is -0.347. The average molecular weight is 337 g/mol. The highest BCUT2D eigenvalue weighted by Gasteiger charge is 2.42. The number of likely N-dealkylation sites (tertiary alicyclic amines) is 1. The highest BCUT2D eigenvalue weighted by molar-refractivity contribution is 7.99. The second kappa shape index (κ2) is 6.41. The molecule has 1 aromatic rings. The molecule has 126 valence electrons. The second-order valence-corrected chi connectivity index (χ2v) is 7.36. The molecule has 0 spiro atoms. The fourth-order valence-corrected chi connectivity index (χ4v) is 3.44. The Morgan fingerprint density at radius 2 is 2.05 bits per heavy atom. The number of piperidine rings is 1. The number of aryl methyl sites for hydroxylation is 1. The summed E-state index contributed by atoms with van der Waals surface area (Å²) >= 11 is 1.69. The zero-order valence-corrected chi connectivity index (χ0v) is 14.0.